The van der Waals surface area contributed by atoms with E-state index < -0.39 is 8.87 Å². The average molecular weight is 385 g/mol. The highest BCUT2D eigenvalue weighted by molar-refractivity contribution is 8.71. The van der Waals surface area contributed by atoms with Crippen molar-refractivity contribution >= 4 is 48.7 Å². The number of nitrogens with zero attached hydrogens (tertiary/aromatic N) is 3. The lowest BCUT2D eigenvalue weighted by Crippen LogP contribution is -2.33. The first-order chi connectivity index (χ1) is 11.3. The Balaban J connectivity index is 1.84. The largest absolute Gasteiger partial charge is 0.326 e. The summed E-state index contributed by atoms with van der Waals surface area (Å²) in [7, 11) is -2.71. The summed E-state index contributed by atoms with van der Waals surface area (Å²) in [6, 6.07) is 4.72. The van der Waals surface area contributed by atoms with Crippen molar-refractivity contribution in [2.75, 3.05) is 23.0 Å². The second kappa shape index (κ2) is 6.58. The number of hydrogen-bond donors (Lipinski definition) is 1. The minimum Gasteiger partial charge on any atom is -0.306 e. The van der Waals surface area contributed by atoms with E-state index in [1.165, 1.54) is 4.90 Å². The summed E-state index contributed by atoms with van der Waals surface area (Å²) in [6.07, 6.45) is 4.79. The van der Waals surface area contributed by atoms with Crippen molar-refractivity contribution in [2.45, 2.75) is 11.4 Å². The first-order valence-electron chi connectivity index (χ1n) is 6.91. The number of carbonyl (C=O) groups excluding carboxylic acids is 1. The molecule has 0 radical (unpaired) electrons. The fourth-order valence-corrected chi connectivity index (χ4v) is 4.51. The zero-order valence-corrected chi connectivity index (χ0v) is 15.0. The van der Waals surface area contributed by atoms with Crippen LogP contribution in [0.25, 0.3) is 0 Å². The summed E-state index contributed by atoms with van der Waals surface area (Å²) >= 11 is 6.13. The lowest BCUT2D eigenvalue weighted by molar-refractivity contribution is 0.257. The molecule has 24 heavy (non-hydrogen) atoms. The molecule has 3 rings (SSSR count). The molecule has 3 heterocycles. The molecule has 1 aliphatic heterocycles. The van der Waals surface area contributed by atoms with Crippen molar-refractivity contribution in [1.29, 1.82) is 0 Å². The predicted molar refractivity (Wildman–Crippen MR) is 94.3 cm³/mol. The summed E-state index contributed by atoms with van der Waals surface area (Å²) in [5.74, 6) is 0. The fourth-order valence-electron chi connectivity index (χ4n) is 2.29. The van der Waals surface area contributed by atoms with Crippen molar-refractivity contribution < 1.29 is 13.2 Å². The van der Waals surface area contributed by atoms with Crippen LogP contribution in [0.15, 0.2) is 35.6 Å². The molecule has 0 aromatic carbocycles. The van der Waals surface area contributed by atoms with Crippen molar-refractivity contribution in [3.63, 3.8) is 0 Å². The van der Waals surface area contributed by atoms with Crippen LogP contribution < -0.4 is 10.2 Å². The molecule has 0 bridgehead atoms. The SMILES string of the molecule is CS(=O)(=O)Sc1nc2c(cc1Cl)N(C(=O)Nc1cccnc1)CC2. The van der Waals surface area contributed by atoms with E-state index in [-0.39, 0.29) is 16.1 Å². The normalized spacial score (nSPS) is 13.7. The van der Waals surface area contributed by atoms with Gasteiger partial charge in [0.25, 0.3) is 0 Å². The van der Waals surface area contributed by atoms with Gasteiger partial charge < -0.3 is 5.32 Å². The van der Waals surface area contributed by atoms with E-state index in [1.807, 2.05) is 0 Å². The zero-order valence-electron chi connectivity index (χ0n) is 12.6. The highest BCUT2D eigenvalue weighted by atomic mass is 35.5. The highest BCUT2D eigenvalue weighted by Crippen LogP contribution is 2.36. The molecule has 10 heteroatoms. The maximum absolute atomic E-state index is 12.4. The Bertz CT molecular complexity index is 890. The molecular weight excluding hydrogens is 372 g/mol. The molecule has 0 fully saturated rings. The van der Waals surface area contributed by atoms with Gasteiger partial charge in [0.05, 0.1) is 28.3 Å². The van der Waals surface area contributed by atoms with Gasteiger partial charge in [0.15, 0.2) is 0 Å². The van der Waals surface area contributed by atoms with E-state index in [0.29, 0.717) is 40.8 Å². The van der Waals surface area contributed by atoms with E-state index in [4.69, 9.17) is 11.6 Å². The first-order valence-corrected chi connectivity index (χ1v) is 10.5. The van der Waals surface area contributed by atoms with E-state index in [1.54, 1.807) is 30.6 Å². The minimum absolute atomic E-state index is 0.199. The number of nitrogens with one attached hydrogen (secondary N) is 1. The third-order valence-corrected chi connectivity index (χ3v) is 5.81. The molecule has 1 aliphatic rings. The van der Waals surface area contributed by atoms with Crippen molar-refractivity contribution in [1.82, 2.24) is 9.97 Å². The summed E-state index contributed by atoms with van der Waals surface area (Å²) in [4.78, 5) is 22.2. The molecule has 7 nitrogen and oxygen atoms in total. The Hall–Kier alpha value is -1.84. The minimum atomic E-state index is -3.32. The molecular formula is C14H13ClN4O3S2. The Labute approximate surface area is 147 Å². The van der Waals surface area contributed by atoms with Gasteiger partial charge in [-0.2, -0.15) is 0 Å². The van der Waals surface area contributed by atoms with Crippen LogP contribution in [-0.2, 0) is 15.3 Å². The molecule has 0 spiro atoms. The summed E-state index contributed by atoms with van der Waals surface area (Å²) in [5, 5.41) is 3.18. The standard InChI is InChI=1S/C14H13ClN4O3S2/c1-24(21,22)23-13-10(15)7-12-11(18-13)4-6-19(12)14(20)17-9-3-2-5-16-8-9/h2-3,5,7-8H,4,6H2,1H3,(H,17,20). The molecule has 0 saturated carbocycles. The molecule has 1 N–H and O–H groups in total. The number of hydrogen-bond acceptors (Lipinski definition) is 6. The summed E-state index contributed by atoms with van der Waals surface area (Å²) < 4.78 is 22.8. The fraction of sp³-hybridized carbons (Fsp3) is 0.214. The Kier molecular flexibility index (Phi) is 4.66. The van der Waals surface area contributed by atoms with Gasteiger partial charge in [-0.3, -0.25) is 9.88 Å². The second-order valence-electron chi connectivity index (χ2n) is 5.10. The van der Waals surface area contributed by atoms with Crippen LogP contribution in [0, 0.1) is 0 Å². The molecule has 126 valence electrons. The van der Waals surface area contributed by atoms with Crippen LogP contribution in [0.4, 0.5) is 16.2 Å². The van der Waals surface area contributed by atoms with Crippen molar-refractivity contribution in [3.05, 3.63) is 41.3 Å². The van der Waals surface area contributed by atoms with Crippen LogP contribution in [0.3, 0.4) is 0 Å². The predicted octanol–water partition coefficient (Wildman–Crippen LogP) is 2.78. The van der Waals surface area contributed by atoms with Crippen LogP contribution in [0.1, 0.15) is 5.69 Å². The van der Waals surface area contributed by atoms with Gasteiger partial charge in [-0.1, -0.05) is 11.6 Å². The van der Waals surface area contributed by atoms with E-state index in [9.17, 15) is 13.2 Å². The summed E-state index contributed by atoms with van der Waals surface area (Å²) in [5.41, 5.74) is 1.81. The van der Waals surface area contributed by atoms with Crippen molar-refractivity contribution in [2.24, 2.45) is 0 Å². The van der Waals surface area contributed by atoms with Crippen LogP contribution in [0.2, 0.25) is 5.02 Å². The quantitative estimate of drug-likeness (QED) is 0.818. The highest BCUT2D eigenvalue weighted by Gasteiger charge is 2.28. The number of fused-ring (bicyclic) bond motifs is 1. The van der Waals surface area contributed by atoms with E-state index in [0.717, 1.165) is 6.26 Å². The first kappa shape index (κ1) is 17.0. The number of anilines is 2. The molecule has 0 unspecified atom stereocenters. The van der Waals surface area contributed by atoms with Crippen LogP contribution >= 0.6 is 22.4 Å². The van der Waals surface area contributed by atoms with Gasteiger partial charge in [-0.05, 0) is 18.2 Å². The molecule has 0 saturated heterocycles. The number of aromatic nitrogens is 2. The van der Waals surface area contributed by atoms with E-state index in [2.05, 4.69) is 15.3 Å². The second-order valence-corrected chi connectivity index (χ2v) is 9.79. The van der Waals surface area contributed by atoms with Gasteiger partial charge in [-0.15, -0.1) is 0 Å². The number of amides is 2. The van der Waals surface area contributed by atoms with Gasteiger partial charge in [-0.25, -0.2) is 18.2 Å². The van der Waals surface area contributed by atoms with Gasteiger partial charge in [0.2, 0.25) is 8.87 Å². The maximum atomic E-state index is 12.4. The smallest absolute Gasteiger partial charge is 0.306 e. The topological polar surface area (TPSA) is 92.3 Å². The van der Waals surface area contributed by atoms with Gasteiger partial charge >= 0.3 is 6.03 Å². The third kappa shape index (κ3) is 3.80. The van der Waals surface area contributed by atoms with Crippen LogP contribution in [0.5, 0.6) is 0 Å². The zero-order chi connectivity index (χ0) is 17.3. The lowest BCUT2D eigenvalue weighted by Gasteiger charge is -2.18. The number of pyridine rings is 2. The Morgan fingerprint density at radius 3 is 2.92 bits per heavy atom. The number of urea groups is 1. The Morgan fingerprint density at radius 2 is 2.25 bits per heavy atom. The number of rotatable bonds is 3. The third-order valence-electron chi connectivity index (χ3n) is 3.25. The number of carbonyl (C=O) groups is 1. The molecule has 0 aliphatic carbocycles. The van der Waals surface area contributed by atoms with Crippen LogP contribution in [-0.4, -0.2) is 37.2 Å². The molecule has 0 atom stereocenters. The van der Waals surface area contributed by atoms with Gasteiger partial charge in [0.1, 0.15) is 5.03 Å². The monoisotopic (exact) mass is 384 g/mol. The van der Waals surface area contributed by atoms with E-state index >= 15 is 0 Å². The average Bonchev–Trinajstić information content (AvgIpc) is 2.90. The Morgan fingerprint density at radius 1 is 1.46 bits per heavy atom. The van der Waals surface area contributed by atoms with Crippen molar-refractivity contribution in [3.8, 4) is 0 Å². The summed E-state index contributed by atoms with van der Waals surface area (Å²) in [6.45, 7) is 0.442. The number of halogens is 1. The molecule has 2 amide bonds. The van der Waals surface area contributed by atoms with Gasteiger partial charge in [0, 0.05) is 36.2 Å². The maximum Gasteiger partial charge on any atom is 0.326 e. The molecule has 2 aromatic rings. The molecule has 2 aromatic heterocycles. The lowest BCUT2D eigenvalue weighted by atomic mass is 10.3.